The first-order chi connectivity index (χ1) is 10.9. The Labute approximate surface area is 129 Å². The summed E-state index contributed by atoms with van der Waals surface area (Å²) in [5.74, 6) is 2.59. The van der Waals surface area contributed by atoms with Crippen molar-refractivity contribution in [1.29, 1.82) is 0 Å². The fraction of sp³-hybridized carbons (Fsp3) is 0.400. The maximum Gasteiger partial charge on any atom is 0.133 e. The topological polar surface area (TPSA) is 75.2 Å². The molecule has 22 heavy (non-hydrogen) atoms. The Hall–Kier alpha value is -2.41. The fourth-order valence-electron chi connectivity index (χ4n) is 2.40. The average molecular weight is 300 g/mol. The first kappa shape index (κ1) is 14.5. The molecular weight excluding hydrogens is 280 g/mol. The van der Waals surface area contributed by atoms with Gasteiger partial charge in [0.05, 0.1) is 13.2 Å². The van der Waals surface area contributed by atoms with Gasteiger partial charge in [0.1, 0.15) is 23.8 Å². The van der Waals surface area contributed by atoms with Gasteiger partial charge in [0.25, 0.3) is 0 Å². The molecule has 0 aromatic carbocycles. The van der Waals surface area contributed by atoms with Crippen LogP contribution in [-0.2, 0) is 11.3 Å². The minimum atomic E-state index is 0.667. The lowest BCUT2D eigenvalue weighted by Crippen LogP contribution is -2.37. The van der Waals surface area contributed by atoms with Crippen molar-refractivity contribution in [1.82, 2.24) is 15.0 Å². The van der Waals surface area contributed by atoms with Crippen molar-refractivity contribution in [3.05, 3.63) is 36.3 Å². The molecule has 0 atom stereocenters. The summed E-state index contributed by atoms with van der Waals surface area (Å²) in [5.41, 5.74) is 1.15. The van der Waals surface area contributed by atoms with Crippen molar-refractivity contribution in [3.63, 3.8) is 0 Å². The highest BCUT2D eigenvalue weighted by Gasteiger charge is 2.15. The molecule has 7 heteroatoms. The van der Waals surface area contributed by atoms with Crippen LogP contribution in [0, 0.1) is 0 Å². The van der Waals surface area contributed by atoms with Crippen LogP contribution in [0.2, 0.25) is 0 Å². The number of ether oxygens (including phenoxy) is 1. The average Bonchev–Trinajstić information content (AvgIpc) is 2.61. The molecule has 1 aliphatic heterocycles. The predicted octanol–water partition coefficient (Wildman–Crippen LogP) is 1.36. The molecule has 0 spiro atoms. The summed E-state index contributed by atoms with van der Waals surface area (Å²) < 4.78 is 5.41. The number of nitrogens with one attached hydrogen (secondary N) is 2. The molecule has 2 aromatic rings. The minimum absolute atomic E-state index is 0.667. The van der Waals surface area contributed by atoms with Gasteiger partial charge in [-0.1, -0.05) is 6.07 Å². The van der Waals surface area contributed by atoms with Gasteiger partial charge in [-0.2, -0.15) is 0 Å². The van der Waals surface area contributed by atoms with E-state index in [-0.39, 0.29) is 0 Å². The lowest BCUT2D eigenvalue weighted by atomic mass is 10.2. The third-order valence-electron chi connectivity index (χ3n) is 3.56. The SMILES string of the molecule is CNc1cc(NCc2cccnc2N2CCOCC2)ncn1. The van der Waals surface area contributed by atoms with E-state index in [1.807, 2.05) is 25.4 Å². The van der Waals surface area contributed by atoms with Crippen LogP contribution >= 0.6 is 0 Å². The van der Waals surface area contributed by atoms with Crippen molar-refractivity contribution >= 4 is 17.5 Å². The summed E-state index contributed by atoms with van der Waals surface area (Å²) in [7, 11) is 1.84. The van der Waals surface area contributed by atoms with Crippen molar-refractivity contribution in [2.24, 2.45) is 0 Å². The molecule has 3 rings (SSSR count). The van der Waals surface area contributed by atoms with Crippen LogP contribution in [-0.4, -0.2) is 48.3 Å². The Morgan fingerprint density at radius 2 is 2.00 bits per heavy atom. The number of hydrogen-bond donors (Lipinski definition) is 2. The number of anilines is 3. The molecule has 0 bridgehead atoms. The van der Waals surface area contributed by atoms with Crippen LogP contribution in [0.15, 0.2) is 30.7 Å². The molecular formula is C15H20N6O. The van der Waals surface area contributed by atoms with E-state index in [2.05, 4.69) is 36.6 Å². The second-order valence-corrected chi connectivity index (χ2v) is 4.98. The van der Waals surface area contributed by atoms with E-state index in [0.717, 1.165) is 49.3 Å². The quantitative estimate of drug-likeness (QED) is 0.863. The normalized spacial score (nSPS) is 14.7. The van der Waals surface area contributed by atoms with Gasteiger partial charge in [-0.25, -0.2) is 15.0 Å². The van der Waals surface area contributed by atoms with E-state index in [0.29, 0.717) is 6.54 Å². The summed E-state index contributed by atoms with van der Waals surface area (Å²) >= 11 is 0. The summed E-state index contributed by atoms with van der Waals surface area (Å²) in [6, 6.07) is 5.93. The van der Waals surface area contributed by atoms with E-state index in [4.69, 9.17) is 4.74 Å². The Balaban J connectivity index is 1.71. The molecule has 0 aliphatic carbocycles. The van der Waals surface area contributed by atoms with E-state index < -0.39 is 0 Å². The number of nitrogens with zero attached hydrogens (tertiary/aromatic N) is 4. The predicted molar refractivity (Wildman–Crippen MR) is 86.2 cm³/mol. The first-order valence-electron chi connectivity index (χ1n) is 7.37. The zero-order valence-electron chi connectivity index (χ0n) is 12.6. The minimum Gasteiger partial charge on any atom is -0.378 e. The van der Waals surface area contributed by atoms with Crippen LogP contribution < -0.4 is 15.5 Å². The van der Waals surface area contributed by atoms with Crippen LogP contribution in [0.4, 0.5) is 17.5 Å². The van der Waals surface area contributed by atoms with Crippen molar-refractivity contribution in [2.75, 3.05) is 48.9 Å². The standard InChI is InChI=1S/C15H20N6O/c1-16-13-9-14(20-11-19-13)18-10-12-3-2-4-17-15(12)21-5-7-22-8-6-21/h2-4,9,11H,5-8,10H2,1H3,(H2,16,18,19,20). The van der Waals surface area contributed by atoms with Gasteiger partial charge >= 0.3 is 0 Å². The zero-order valence-corrected chi connectivity index (χ0v) is 12.6. The summed E-state index contributed by atoms with van der Waals surface area (Å²) in [6.45, 7) is 3.92. The first-order valence-corrected chi connectivity index (χ1v) is 7.37. The monoisotopic (exact) mass is 300 g/mol. The van der Waals surface area contributed by atoms with Crippen molar-refractivity contribution in [2.45, 2.75) is 6.54 Å². The Morgan fingerprint density at radius 3 is 2.82 bits per heavy atom. The molecule has 0 unspecified atom stereocenters. The van der Waals surface area contributed by atoms with Crippen LogP contribution in [0.25, 0.3) is 0 Å². The second-order valence-electron chi connectivity index (χ2n) is 4.98. The van der Waals surface area contributed by atoms with Crippen LogP contribution in [0.5, 0.6) is 0 Å². The molecule has 116 valence electrons. The molecule has 0 amide bonds. The third-order valence-corrected chi connectivity index (χ3v) is 3.56. The number of aromatic nitrogens is 3. The maximum absolute atomic E-state index is 5.41. The lowest BCUT2D eigenvalue weighted by Gasteiger charge is -2.29. The van der Waals surface area contributed by atoms with Crippen molar-refractivity contribution < 1.29 is 4.74 Å². The zero-order chi connectivity index (χ0) is 15.2. The van der Waals surface area contributed by atoms with E-state index in [1.54, 1.807) is 6.33 Å². The van der Waals surface area contributed by atoms with Gasteiger partial charge in [-0.3, -0.25) is 0 Å². The molecule has 3 heterocycles. The number of rotatable bonds is 5. The Bertz CT molecular complexity index is 614. The third kappa shape index (κ3) is 3.43. The molecule has 0 saturated carbocycles. The molecule has 2 aromatic heterocycles. The highest BCUT2D eigenvalue weighted by molar-refractivity contribution is 5.51. The fourth-order valence-corrected chi connectivity index (χ4v) is 2.40. The molecule has 1 aliphatic rings. The largest absolute Gasteiger partial charge is 0.378 e. The number of hydrogen-bond acceptors (Lipinski definition) is 7. The van der Waals surface area contributed by atoms with E-state index in [9.17, 15) is 0 Å². The highest BCUT2D eigenvalue weighted by Crippen LogP contribution is 2.19. The van der Waals surface area contributed by atoms with Gasteiger partial charge in [0.15, 0.2) is 0 Å². The van der Waals surface area contributed by atoms with Gasteiger partial charge in [0.2, 0.25) is 0 Å². The highest BCUT2D eigenvalue weighted by atomic mass is 16.5. The van der Waals surface area contributed by atoms with Crippen LogP contribution in [0.3, 0.4) is 0 Å². The Kier molecular flexibility index (Phi) is 4.65. The summed E-state index contributed by atoms with van der Waals surface area (Å²) in [4.78, 5) is 15.1. The molecule has 1 saturated heterocycles. The van der Waals surface area contributed by atoms with Gasteiger partial charge in [0, 0.05) is 44.5 Å². The number of pyridine rings is 1. The smallest absolute Gasteiger partial charge is 0.133 e. The molecule has 0 radical (unpaired) electrons. The molecule has 2 N–H and O–H groups in total. The summed E-state index contributed by atoms with van der Waals surface area (Å²) in [6.07, 6.45) is 3.37. The van der Waals surface area contributed by atoms with E-state index in [1.165, 1.54) is 0 Å². The Morgan fingerprint density at radius 1 is 1.18 bits per heavy atom. The van der Waals surface area contributed by atoms with E-state index >= 15 is 0 Å². The summed E-state index contributed by atoms with van der Waals surface area (Å²) in [5, 5.41) is 6.33. The van der Waals surface area contributed by atoms with Gasteiger partial charge in [-0.05, 0) is 6.07 Å². The number of morpholine rings is 1. The molecule has 7 nitrogen and oxygen atoms in total. The van der Waals surface area contributed by atoms with Crippen molar-refractivity contribution in [3.8, 4) is 0 Å². The second kappa shape index (κ2) is 7.04. The van der Waals surface area contributed by atoms with Gasteiger partial charge < -0.3 is 20.3 Å². The van der Waals surface area contributed by atoms with Gasteiger partial charge in [-0.15, -0.1) is 0 Å². The lowest BCUT2D eigenvalue weighted by molar-refractivity contribution is 0.122. The molecule has 1 fully saturated rings. The van der Waals surface area contributed by atoms with Crippen LogP contribution in [0.1, 0.15) is 5.56 Å². The maximum atomic E-state index is 5.41.